The second kappa shape index (κ2) is 3.38. The van der Waals surface area contributed by atoms with Crippen molar-refractivity contribution in [2.45, 2.75) is 20.8 Å². The fourth-order valence-corrected chi connectivity index (χ4v) is 2.33. The largest absolute Gasteiger partial charge is 0.480 e. The Morgan fingerprint density at radius 2 is 1.80 bits per heavy atom. The van der Waals surface area contributed by atoms with Crippen LogP contribution in [0.1, 0.15) is 20.8 Å². The summed E-state index contributed by atoms with van der Waals surface area (Å²) in [5, 5.41) is 9.12. The van der Waals surface area contributed by atoms with Crippen LogP contribution < -0.4 is 0 Å². The van der Waals surface area contributed by atoms with E-state index < -0.39 is 22.6 Å². The summed E-state index contributed by atoms with van der Waals surface area (Å²) in [7, 11) is 0. The van der Waals surface area contributed by atoms with Gasteiger partial charge in [0.05, 0.1) is 0 Å². The van der Waals surface area contributed by atoms with Crippen molar-refractivity contribution < 1.29 is 14.7 Å². The first-order chi connectivity index (χ1) is 6.69. The Morgan fingerprint density at radius 3 is 2.00 bits per heavy atom. The number of rotatable bonds is 2. The van der Waals surface area contributed by atoms with Crippen LogP contribution in [0, 0.1) is 10.8 Å². The third-order valence-electron chi connectivity index (χ3n) is 2.94. The predicted octanol–water partition coefficient (Wildman–Crippen LogP) is 2.53. The Labute approximate surface area is 97.4 Å². The van der Waals surface area contributed by atoms with Crippen LogP contribution in [0.5, 0.6) is 0 Å². The van der Waals surface area contributed by atoms with Crippen LogP contribution in [0.4, 0.5) is 0 Å². The molecule has 1 aliphatic rings. The average molecular weight is 249 g/mol. The lowest BCUT2D eigenvalue weighted by atomic mass is 9.92. The van der Waals surface area contributed by atoms with E-state index in [2.05, 4.69) is 5.73 Å². The lowest BCUT2D eigenvalue weighted by molar-refractivity contribution is -0.148. The van der Waals surface area contributed by atoms with Crippen molar-refractivity contribution in [3.8, 4) is 0 Å². The van der Waals surface area contributed by atoms with Crippen LogP contribution >= 0.6 is 23.2 Å². The second-order valence-electron chi connectivity index (χ2n) is 4.00. The minimum Gasteiger partial charge on any atom is -0.480 e. The maximum absolute atomic E-state index is 11.4. The molecule has 1 atom stereocenters. The maximum atomic E-state index is 11.4. The molecule has 0 aliphatic heterocycles. The van der Waals surface area contributed by atoms with Crippen LogP contribution in [0.2, 0.25) is 0 Å². The van der Waals surface area contributed by atoms with Crippen molar-refractivity contribution in [2.24, 2.45) is 10.8 Å². The normalized spacial score (nSPS) is 26.9. The third-order valence-corrected chi connectivity index (χ3v) is 3.13. The summed E-state index contributed by atoms with van der Waals surface area (Å²) in [6.07, 6.45) is 0. The molecular weight excluding hydrogens is 239 g/mol. The highest BCUT2D eigenvalue weighted by molar-refractivity contribution is 6.55. The Kier molecular flexibility index (Phi) is 2.77. The smallest absolute Gasteiger partial charge is 0.322 e. The standard InChI is InChI=1S/C10H10Cl2O3/c1-5(13)10(8(14)15)6(4-7(11)12)9(10,2)3/h1-3H3,(H,14,15). The molecule has 3 nitrogen and oxygen atoms in total. The summed E-state index contributed by atoms with van der Waals surface area (Å²) in [5.41, 5.74) is 0.562. The highest BCUT2D eigenvalue weighted by atomic mass is 35.5. The average Bonchev–Trinajstić information content (AvgIpc) is 2.47. The Balaban J connectivity index is 3.47. The molecule has 1 saturated carbocycles. The molecule has 0 aromatic rings. The zero-order valence-electron chi connectivity index (χ0n) is 8.52. The minimum absolute atomic E-state index is 0.164. The number of carbonyl (C=O) groups is 2. The third kappa shape index (κ3) is 1.43. The zero-order chi connectivity index (χ0) is 12.0. The van der Waals surface area contributed by atoms with Gasteiger partial charge in [-0.15, -0.1) is 0 Å². The summed E-state index contributed by atoms with van der Waals surface area (Å²) in [6.45, 7) is 4.55. The van der Waals surface area contributed by atoms with Crippen LogP contribution in [-0.4, -0.2) is 16.9 Å². The van der Waals surface area contributed by atoms with E-state index in [-0.39, 0.29) is 4.49 Å². The van der Waals surface area contributed by atoms with Gasteiger partial charge in [0.1, 0.15) is 4.49 Å². The van der Waals surface area contributed by atoms with E-state index in [0.29, 0.717) is 5.57 Å². The van der Waals surface area contributed by atoms with E-state index >= 15 is 0 Å². The van der Waals surface area contributed by atoms with Gasteiger partial charge in [0, 0.05) is 11.0 Å². The molecule has 0 amide bonds. The quantitative estimate of drug-likeness (QED) is 0.604. The molecule has 0 saturated heterocycles. The fraction of sp³-hybridized carbons (Fsp3) is 0.500. The van der Waals surface area contributed by atoms with E-state index in [1.165, 1.54) is 6.92 Å². The van der Waals surface area contributed by atoms with Gasteiger partial charge in [0.25, 0.3) is 0 Å². The van der Waals surface area contributed by atoms with Gasteiger partial charge in [-0.2, -0.15) is 0 Å². The minimum atomic E-state index is -1.51. The van der Waals surface area contributed by atoms with Crippen molar-refractivity contribution in [1.82, 2.24) is 0 Å². The second-order valence-corrected chi connectivity index (χ2v) is 4.95. The summed E-state index contributed by atoms with van der Waals surface area (Å²) < 4.78 is -0.164. The molecule has 1 aliphatic carbocycles. The van der Waals surface area contributed by atoms with Gasteiger partial charge >= 0.3 is 5.97 Å². The molecule has 5 heteroatoms. The van der Waals surface area contributed by atoms with E-state index in [0.717, 1.165) is 0 Å². The van der Waals surface area contributed by atoms with Crippen LogP contribution in [0.3, 0.4) is 0 Å². The van der Waals surface area contributed by atoms with E-state index in [1.807, 2.05) is 0 Å². The fourth-order valence-electron chi connectivity index (χ4n) is 2.14. The van der Waals surface area contributed by atoms with Gasteiger partial charge in [-0.1, -0.05) is 42.8 Å². The van der Waals surface area contributed by atoms with E-state index in [1.54, 1.807) is 13.8 Å². The van der Waals surface area contributed by atoms with Crippen molar-refractivity contribution in [1.29, 1.82) is 0 Å². The molecule has 1 rings (SSSR count). The molecule has 0 spiro atoms. The molecule has 0 aromatic carbocycles. The van der Waals surface area contributed by atoms with Gasteiger partial charge in [0.2, 0.25) is 0 Å². The molecule has 82 valence electrons. The number of halogens is 2. The van der Waals surface area contributed by atoms with Gasteiger partial charge in [0.15, 0.2) is 11.2 Å². The number of carboxylic acid groups (broad SMARTS) is 1. The van der Waals surface area contributed by atoms with Gasteiger partial charge < -0.3 is 5.11 Å². The van der Waals surface area contributed by atoms with Gasteiger partial charge in [-0.25, -0.2) is 0 Å². The van der Waals surface area contributed by atoms with Crippen molar-refractivity contribution >= 4 is 35.0 Å². The highest BCUT2D eigenvalue weighted by Gasteiger charge is 2.75. The van der Waals surface area contributed by atoms with E-state index in [9.17, 15) is 9.59 Å². The van der Waals surface area contributed by atoms with Crippen LogP contribution in [-0.2, 0) is 9.59 Å². The molecule has 15 heavy (non-hydrogen) atoms. The number of ketones is 1. The summed E-state index contributed by atoms with van der Waals surface area (Å²) in [6, 6.07) is 0. The van der Waals surface area contributed by atoms with Crippen molar-refractivity contribution in [3.05, 3.63) is 15.8 Å². The molecule has 0 aromatic heterocycles. The number of hydrogen-bond acceptors (Lipinski definition) is 2. The van der Waals surface area contributed by atoms with Crippen LogP contribution in [0.25, 0.3) is 0 Å². The number of carbonyl (C=O) groups excluding carboxylic acids is 1. The summed E-state index contributed by atoms with van der Waals surface area (Å²) in [5.74, 6) is -1.62. The number of hydrogen-bond donors (Lipinski definition) is 1. The first kappa shape index (κ1) is 12.3. The van der Waals surface area contributed by atoms with Gasteiger partial charge in [-0.05, 0) is 6.92 Å². The van der Waals surface area contributed by atoms with Gasteiger partial charge in [-0.3, -0.25) is 9.59 Å². The molecule has 0 bridgehead atoms. The van der Waals surface area contributed by atoms with Crippen molar-refractivity contribution in [2.75, 3.05) is 0 Å². The van der Waals surface area contributed by atoms with E-state index in [4.69, 9.17) is 28.3 Å². The lowest BCUT2D eigenvalue weighted by Gasteiger charge is -2.08. The van der Waals surface area contributed by atoms with Crippen molar-refractivity contribution in [3.63, 3.8) is 0 Å². The molecule has 1 unspecified atom stereocenters. The number of Topliss-reactive ketones (excluding diaryl/α,β-unsaturated/α-hetero) is 1. The van der Waals surface area contributed by atoms with Crippen LogP contribution in [0.15, 0.2) is 15.8 Å². The Morgan fingerprint density at radius 1 is 1.33 bits per heavy atom. The molecule has 0 radical (unpaired) electrons. The highest BCUT2D eigenvalue weighted by Crippen LogP contribution is 2.68. The molecule has 0 heterocycles. The first-order valence-electron chi connectivity index (χ1n) is 4.26. The monoisotopic (exact) mass is 248 g/mol. The first-order valence-corrected chi connectivity index (χ1v) is 5.02. The summed E-state index contributed by atoms with van der Waals surface area (Å²) in [4.78, 5) is 22.6. The SMILES string of the molecule is CC(=O)C1(C(=O)O)C(=C=C(Cl)Cl)C1(C)C. The topological polar surface area (TPSA) is 54.4 Å². The maximum Gasteiger partial charge on any atom is 0.322 e. The molecule has 1 N–H and O–H groups in total. The number of carboxylic acids is 1. The zero-order valence-corrected chi connectivity index (χ0v) is 10.0. The molecule has 1 fully saturated rings. The molecular formula is C10H10Cl2O3. The number of aliphatic carboxylic acids is 1. The Bertz CT molecular complexity index is 396. The predicted molar refractivity (Wildman–Crippen MR) is 56.8 cm³/mol. The lowest BCUT2D eigenvalue weighted by Crippen LogP contribution is -2.28. The summed E-state index contributed by atoms with van der Waals surface area (Å²) >= 11 is 10.8. The Hall–Kier alpha value is -0.760.